The van der Waals surface area contributed by atoms with Crippen molar-refractivity contribution in [2.75, 3.05) is 13.1 Å². The Morgan fingerprint density at radius 2 is 2.14 bits per heavy atom. The molecule has 112 valence electrons. The molecule has 0 spiro atoms. The van der Waals surface area contributed by atoms with E-state index in [2.05, 4.69) is 64.8 Å². The van der Waals surface area contributed by atoms with E-state index in [1.807, 2.05) is 0 Å². The first kappa shape index (κ1) is 14.7. The van der Waals surface area contributed by atoms with Crippen LogP contribution in [0.15, 0.2) is 35.7 Å². The van der Waals surface area contributed by atoms with E-state index < -0.39 is 0 Å². The van der Waals surface area contributed by atoms with Crippen LogP contribution in [0.5, 0.6) is 0 Å². The van der Waals surface area contributed by atoms with Crippen LogP contribution in [-0.4, -0.2) is 35.1 Å². The zero-order chi connectivity index (χ0) is 14.7. The molecule has 1 aliphatic rings. The second kappa shape index (κ2) is 6.69. The molecule has 1 aromatic carbocycles. The Morgan fingerprint density at radius 3 is 2.86 bits per heavy atom. The number of aromatic nitrogens is 1. The molecule has 1 aromatic heterocycles. The van der Waals surface area contributed by atoms with Crippen LogP contribution < -0.4 is 5.32 Å². The highest BCUT2D eigenvalue weighted by molar-refractivity contribution is 7.09. The highest BCUT2D eigenvalue weighted by Crippen LogP contribution is 2.17. The molecule has 2 aromatic rings. The second-order valence-corrected chi connectivity index (χ2v) is 7.00. The van der Waals surface area contributed by atoms with Gasteiger partial charge in [-0.05, 0) is 25.8 Å². The molecule has 2 atom stereocenters. The Hall–Kier alpha value is -1.23. The van der Waals surface area contributed by atoms with Crippen molar-refractivity contribution in [3.8, 4) is 0 Å². The maximum atomic E-state index is 4.63. The Labute approximate surface area is 131 Å². The van der Waals surface area contributed by atoms with Crippen LogP contribution in [0.2, 0.25) is 0 Å². The molecule has 1 fully saturated rings. The standard InChI is InChI=1S/C17H23N3S/c1-13-10-20(11-16-12-21-14(2)19-16)17(9-18-13)8-15-6-4-3-5-7-15/h3-7,12-13,17-18H,8-11H2,1-2H3. The van der Waals surface area contributed by atoms with E-state index in [-0.39, 0.29) is 0 Å². The Balaban J connectivity index is 1.70. The summed E-state index contributed by atoms with van der Waals surface area (Å²) in [6, 6.07) is 11.9. The van der Waals surface area contributed by atoms with Crippen molar-refractivity contribution in [3.63, 3.8) is 0 Å². The normalized spacial score (nSPS) is 23.3. The number of nitrogens with zero attached hydrogens (tertiary/aromatic N) is 2. The van der Waals surface area contributed by atoms with Crippen molar-refractivity contribution in [2.24, 2.45) is 0 Å². The SMILES string of the molecule is Cc1nc(CN2CC(C)NCC2Cc2ccccc2)cs1. The molecule has 0 amide bonds. The molecule has 1 aliphatic heterocycles. The van der Waals surface area contributed by atoms with Gasteiger partial charge in [0.15, 0.2) is 0 Å². The van der Waals surface area contributed by atoms with Gasteiger partial charge in [-0.15, -0.1) is 11.3 Å². The third-order valence-electron chi connectivity index (χ3n) is 4.07. The molecule has 21 heavy (non-hydrogen) atoms. The van der Waals surface area contributed by atoms with Crippen LogP contribution in [-0.2, 0) is 13.0 Å². The summed E-state index contributed by atoms with van der Waals surface area (Å²) in [4.78, 5) is 7.21. The number of rotatable bonds is 4. The molecule has 0 radical (unpaired) electrons. The van der Waals surface area contributed by atoms with Gasteiger partial charge >= 0.3 is 0 Å². The molecule has 1 saturated heterocycles. The Kier molecular flexibility index (Phi) is 4.68. The summed E-state index contributed by atoms with van der Waals surface area (Å²) in [5, 5.41) is 6.97. The zero-order valence-electron chi connectivity index (χ0n) is 12.7. The van der Waals surface area contributed by atoms with Crippen LogP contribution in [0, 0.1) is 6.92 Å². The van der Waals surface area contributed by atoms with Crippen LogP contribution in [0.4, 0.5) is 0 Å². The molecule has 0 saturated carbocycles. The molecule has 3 rings (SSSR count). The number of piperazine rings is 1. The highest BCUT2D eigenvalue weighted by atomic mass is 32.1. The Morgan fingerprint density at radius 1 is 1.33 bits per heavy atom. The minimum atomic E-state index is 0.547. The molecular weight excluding hydrogens is 278 g/mol. The monoisotopic (exact) mass is 301 g/mol. The molecule has 1 N–H and O–H groups in total. The van der Waals surface area contributed by atoms with Gasteiger partial charge in [0.05, 0.1) is 10.7 Å². The molecule has 2 heterocycles. The van der Waals surface area contributed by atoms with Crippen LogP contribution >= 0.6 is 11.3 Å². The largest absolute Gasteiger partial charge is 0.311 e. The quantitative estimate of drug-likeness (QED) is 0.941. The third kappa shape index (κ3) is 3.90. The minimum absolute atomic E-state index is 0.547. The molecule has 2 unspecified atom stereocenters. The predicted octanol–water partition coefficient (Wildman–Crippen LogP) is 2.86. The van der Waals surface area contributed by atoms with Gasteiger partial charge in [0.25, 0.3) is 0 Å². The van der Waals surface area contributed by atoms with Crippen molar-refractivity contribution in [2.45, 2.75) is 38.9 Å². The number of hydrogen-bond donors (Lipinski definition) is 1. The predicted molar refractivity (Wildman–Crippen MR) is 88.7 cm³/mol. The summed E-state index contributed by atoms with van der Waals surface area (Å²) < 4.78 is 0. The lowest BCUT2D eigenvalue weighted by Crippen LogP contribution is -2.55. The van der Waals surface area contributed by atoms with Crippen molar-refractivity contribution in [3.05, 3.63) is 52.0 Å². The molecular formula is C17H23N3S. The van der Waals surface area contributed by atoms with Crippen molar-refractivity contribution < 1.29 is 0 Å². The fourth-order valence-corrected chi connectivity index (χ4v) is 3.61. The van der Waals surface area contributed by atoms with Gasteiger partial charge in [-0.1, -0.05) is 30.3 Å². The lowest BCUT2D eigenvalue weighted by molar-refractivity contribution is 0.125. The van der Waals surface area contributed by atoms with E-state index in [1.165, 1.54) is 11.3 Å². The van der Waals surface area contributed by atoms with E-state index in [0.717, 1.165) is 31.1 Å². The molecule has 0 bridgehead atoms. The van der Waals surface area contributed by atoms with Crippen LogP contribution in [0.25, 0.3) is 0 Å². The van der Waals surface area contributed by atoms with Crippen molar-refractivity contribution in [1.82, 2.24) is 15.2 Å². The summed E-state index contributed by atoms with van der Waals surface area (Å²) in [5.41, 5.74) is 2.63. The fraction of sp³-hybridized carbons (Fsp3) is 0.471. The van der Waals surface area contributed by atoms with E-state index in [0.29, 0.717) is 12.1 Å². The summed E-state index contributed by atoms with van der Waals surface area (Å²) in [6.07, 6.45) is 1.10. The van der Waals surface area contributed by atoms with E-state index in [4.69, 9.17) is 0 Å². The summed E-state index contributed by atoms with van der Waals surface area (Å²) >= 11 is 1.75. The second-order valence-electron chi connectivity index (χ2n) is 5.94. The van der Waals surface area contributed by atoms with Gasteiger partial charge in [0.2, 0.25) is 0 Å². The van der Waals surface area contributed by atoms with E-state index in [1.54, 1.807) is 11.3 Å². The van der Waals surface area contributed by atoms with Gasteiger partial charge in [-0.25, -0.2) is 4.98 Å². The maximum absolute atomic E-state index is 4.63. The van der Waals surface area contributed by atoms with Crippen molar-refractivity contribution >= 4 is 11.3 Å². The maximum Gasteiger partial charge on any atom is 0.0897 e. The smallest absolute Gasteiger partial charge is 0.0897 e. The number of hydrogen-bond acceptors (Lipinski definition) is 4. The third-order valence-corrected chi connectivity index (χ3v) is 4.89. The first-order valence-electron chi connectivity index (χ1n) is 7.63. The van der Waals surface area contributed by atoms with Crippen molar-refractivity contribution in [1.29, 1.82) is 0 Å². The Bertz CT molecular complexity index is 566. The summed E-state index contributed by atoms with van der Waals surface area (Å²) in [7, 11) is 0. The highest BCUT2D eigenvalue weighted by Gasteiger charge is 2.26. The van der Waals surface area contributed by atoms with Gasteiger partial charge in [0, 0.05) is 37.1 Å². The van der Waals surface area contributed by atoms with Crippen LogP contribution in [0.3, 0.4) is 0 Å². The first-order valence-corrected chi connectivity index (χ1v) is 8.51. The van der Waals surface area contributed by atoms with Gasteiger partial charge in [-0.2, -0.15) is 0 Å². The topological polar surface area (TPSA) is 28.2 Å². The van der Waals surface area contributed by atoms with Gasteiger partial charge in [0.1, 0.15) is 0 Å². The van der Waals surface area contributed by atoms with Gasteiger partial charge in [-0.3, -0.25) is 4.90 Å². The zero-order valence-corrected chi connectivity index (χ0v) is 13.6. The van der Waals surface area contributed by atoms with Crippen LogP contribution in [0.1, 0.15) is 23.2 Å². The number of aryl methyl sites for hydroxylation is 1. The molecule has 0 aliphatic carbocycles. The number of benzene rings is 1. The lowest BCUT2D eigenvalue weighted by atomic mass is 10.0. The first-order chi connectivity index (χ1) is 10.2. The van der Waals surface area contributed by atoms with E-state index in [9.17, 15) is 0 Å². The number of nitrogens with one attached hydrogen (secondary N) is 1. The minimum Gasteiger partial charge on any atom is -0.311 e. The average Bonchev–Trinajstić information content (AvgIpc) is 2.88. The molecule has 3 nitrogen and oxygen atoms in total. The van der Waals surface area contributed by atoms with E-state index >= 15 is 0 Å². The summed E-state index contributed by atoms with van der Waals surface area (Å²) in [6.45, 7) is 7.45. The lowest BCUT2D eigenvalue weighted by Gasteiger charge is -2.39. The summed E-state index contributed by atoms with van der Waals surface area (Å²) in [5.74, 6) is 0. The number of thiazole rings is 1. The average molecular weight is 301 g/mol. The fourth-order valence-electron chi connectivity index (χ4n) is 3.00. The molecule has 4 heteroatoms. The van der Waals surface area contributed by atoms with Gasteiger partial charge < -0.3 is 5.32 Å².